The summed E-state index contributed by atoms with van der Waals surface area (Å²) >= 11 is 0. The van der Waals surface area contributed by atoms with E-state index in [1.54, 1.807) is 12.1 Å². The van der Waals surface area contributed by atoms with E-state index in [0.717, 1.165) is 21.9 Å². The maximum Gasteiger partial charge on any atom is 0.128 e. The van der Waals surface area contributed by atoms with Crippen LogP contribution in [0.5, 0.6) is 0 Å². The van der Waals surface area contributed by atoms with Crippen molar-refractivity contribution in [1.82, 2.24) is 0 Å². The molecule has 0 radical (unpaired) electrons. The summed E-state index contributed by atoms with van der Waals surface area (Å²) in [6.07, 6.45) is 0. The van der Waals surface area contributed by atoms with Gasteiger partial charge in [-0.15, -0.1) is 0 Å². The van der Waals surface area contributed by atoms with E-state index in [2.05, 4.69) is 6.07 Å². The molecule has 3 aromatic carbocycles. The average Bonchev–Trinajstić information content (AvgIpc) is 2.47. The molecule has 0 saturated heterocycles. The van der Waals surface area contributed by atoms with Gasteiger partial charge < -0.3 is 5.73 Å². The van der Waals surface area contributed by atoms with E-state index >= 15 is 0 Å². The van der Waals surface area contributed by atoms with Crippen LogP contribution in [0.15, 0.2) is 60.7 Å². The summed E-state index contributed by atoms with van der Waals surface area (Å²) in [5.74, 6) is -0.257. The second-order valence-corrected chi connectivity index (χ2v) is 5.02. The number of nitrogens with two attached hydrogens (primary N) is 1. The lowest BCUT2D eigenvalue weighted by Crippen LogP contribution is -2.15. The molecule has 1 atom stereocenters. The van der Waals surface area contributed by atoms with Gasteiger partial charge in [0, 0.05) is 5.56 Å². The van der Waals surface area contributed by atoms with Crippen molar-refractivity contribution in [2.45, 2.75) is 13.0 Å². The first-order valence-electron chi connectivity index (χ1n) is 6.67. The standard InChI is InChI=1S/C18H16FN/c1-12-10-11-13-6-2-3-7-14(13)17(12)18(20)15-8-4-5-9-16(15)19/h2-11,18H,20H2,1H3. The molecule has 3 rings (SSSR count). The number of rotatable bonds is 2. The molecule has 0 aromatic heterocycles. The monoisotopic (exact) mass is 265 g/mol. The zero-order chi connectivity index (χ0) is 14.1. The van der Waals surface area contributed by atoms with E-state index in [1.807, 2.05) is 43.3 Å². The van der Waals surface area contributed by atoms with Crippen LogP contribution < -0.4 is 5.73 Å². The number of benzene rings is 3. The highest BCUT2D eigenvalue weighted by molar-refractivity contribution is 5.87. The highest BCUT2D eigenvalue weighted by Gasteiger charge is 2.17. The predicted octanol–water partition coefficient (Wildman–Crippen LogP) is 4.34. The van der Waals surface area contributed by atoms with Gasteiger partial charge in [0.05, 0.1) is 6.04 Å². The van der Waals surface area contributed by atoms with Crippen molar-refractivity contribution >= 4 is 10.8 Å². The predicted molar refractivity (Wildman–Crippen MR) is 81.1 cm³/mol. The van der Waals surface area contributed by atoms with Crippen LogP contribution in [-0.4, -0.2) is 0 Å². The van der Waals surface area contributed by atoms with Gasteiger partial charge in [-0.25, -0.2) is 4.39 Å². The Morgan fingerprint density at radius 1 is 0.900 bits per heavy atom. The number of hydrogen-bond acceptors (Lipinski definition) is 1. The molecule has 0 aliphatic rings. The minimum atomic E-state index is -0.456. The molecule has 2 N–H and O–H groups in total. The molecule has 0 spiro atoms. The Hall–Kier alpha value is -2.19. The van der Waals surface area contributed by atoms with Crippen molar-refractivity contribution in [3.8, 4) is 0 Å². The minimum absolute atomic E-state index is 0.257. The molecule has 0 aliphatic carbocycles. The van der Waals surface area contributed by atoms with Crippen molar-refractivity contribution in [2.24, 2.45) is 5.73 Å². The Balaban J connectivity index is 2.24. The lowest BCUT2D eigenvalue weighted by Gasteiger charge is -2.18. The number of aryl methyl sites for hydroxylation is 1. The number of fused-ring (bicyclic) bond motifs is 1. The second kappa shape index (κ2) is 5.06. The van der Waals surface area contributed by atoms with Crippen LogP contribution in [0.2, 0.25) is 0 Å². The van der Waals surface area contributed by atoms with Crippen LogP contribution in [0.25, 0.3) is 10.8 Å². The molecular formula is C18H16FN. The summed E-state index contributed by atoms with van der Waals surface area (Å²) in [6, 6.07) is 18.4. The molecule has 2 heteroatoms. The van der Waals surface area contributed by atoms with Gasteiger partial charge in [0.15, 0.2) is 0 Å². The van der Waals surface area contributed by atoms with Crippen molar-refractivity contribution in [3.05, 3.63) is 83.2 Å². The van der Waals surface area contributed by atoms with Gasteiger partial charge in [-0.3, -0.25) is 0 Å². The molecular weight excluding hydrogens is 249 g/mol. The summed E-state index contributed by atoms with van der Waals surface area (Å²) < 4.78 is 14.0. The lowest BCUT2D eigenvalue weighted by molar-refractivity contribution is 0.600. The van der Waals surface area contributed by atoms with Crippen molar-refractivity contribution < 1.29 is 4.39 Å². The van der Waals surface area contributed by atoms with Gasteiger partial charge in [-0.1, -0.05) is 54.6 Å². The third-order valence-electron chi connectivity index (χ3n) is 3.74. The summed E-state index contributed by atoms with van der Waals surface area (Å²) in [5, 5.41) is 2.21. The van der Waals surface area contributed by atoms with E-state index < -0.39 is 6.04 Å². The lowest BCUT2D eigenvalue weighted by atomic mass is 9.90. The summed E-state index contributed by atoms with van der Waals surface area (Å²) in [4.78, 5) is 0. The third kappa shape index (κ3) is 2.08. The molecule has 3 aromatic rings. The highest BCUT2D eigenvalue weighted by atomic mass is 19.1. The van der Waals surface area contributed by atoms with E-state index in [1.165, 1.54) is 6.07 Å². The number of hydrogen-bond donors (Lipinski definition) is 1. The fourth-order valence-corrected chi connectivity index (χ4v) is 2.70. The smallest absolute Gasteiger partial charge is 0.128 e. The average molecular weight is 265 g/mol. The summed E-state index contributed by atoms with van der Waals surface area (Å²) in [7, 11) is 0. The van der Waals surface area contributed by atoms with Gasteiger partial charge in [0.25, 0.3) is 0 Å². The zero-order valence-corrected chi connectivity index (χ0v) is 11.3. The van der Waals surface area contributed by atoms with E-state index in [-0.39, 0.29) is 5.82 Å². The van der Waals surface area contributed by atoms with Gasteiger partial charge in [-0.2, -0.15) is 0 Å². The van der Waals surface area contributed by atoms with E-state index in [0.29, 0.717) is 5.56 Å². The molecule has 20 heavy (non-hydrogen) atoms. The normalized spacial score (nSPS) is 12.6. The van der Waals surface area contributed by atoms with Crippen molar-refractivity contribution in [2.75, 3.05) is 0 Å². The first kappa shape index (κ1) is 12.8. The molecule has 1 unspecified atom stereocenters. The molecule has 0 fully saturated rings. The first-order valence-corrected chi connectivity index (χ1v) is 6.67. The first-order chi connectivity index (χ1) is 9.68. The van der Waals surface area contributed by atoms with Crippen LogP contribution in [0.1, 0.15) is 22.7 Å². The van der Waals surface area contributed by atoms with Crippen LogP contribution in [-0.2, 0) is 0 Å². The Labute approximate surface area is 117 Å². The second-order valence-electron chi connectivity index (χ2n) is 5.02. The molecule has 0 heterocycles. The summed E-state index contributed by atoms with van der Waals surface area (Å²) in [5.41, 5.74) is 8.95. The van der Waals surface area contributed by atoms with Gasteiger partial charge in [0.1, 0.15) is 5.82 Å². The van der Waals surface area contributed by atoms with Crippen LogP contribution in [0.4, 0.5) is 4.39 Å². The maximum absolute atomic E-state index is 14.0. The molecule has 100 valence electrons. The largest absolute Gasteiger partial charge is 0.320 e. The Bertz CT molecular complexity index is 764. The van der Waals surface area contributed by atoms with E-state index in [4.69, 9.17) is 5.73 Å². The van der Waals surface area contributed by atoms with Crippen molar-refractivity contribution in [3.63, 3.8) is 0 Å². The molecule has 0 aliphatic heterocycles. The van der Waals surface area contributed by atoms with Crippen LogP contribution in [0.3, 0.4) is 0 Å². The zero-order valence-electron chi connectivity index (χ0n) is 11.3. The molecule has 0 amide bonds. The Morgan fingerprint density at radius 3 is 2.40 bits per heavy atom. The highest BCUT2D eigenvalue weighted by Crippen LogP contribution is 2.31. The molecule has 0 saturated carbocycles. The molecule has 1 nitrogen and oxygen atoms in total. The van der Waals surface area contributed by atoms with Crippen LogP contribution >= 0.6 is 0 Å². The van der Waals surface area contributed by atoms with Gasteiger partial charge >= 0.3 is 0 Å². The minimum Gasteiger partial charge on any atom is -0.320 e. The van der Waals surface area contributed by atoms with Crippen LogP contribution in [0, 0.1) is 12.7 Å². The summed E-state index contributed by atoms with van der Waals surface area (Å²) in [6.45, 7) is 2.02. The topological polar surface area (TPSA) is 26.0 Å². The Kier molecular flexibility index (Phi) is 3.25. The quantitative estimate of drug-likeness (QED) is 0.733. The van der Waals surface area contributed by atoms with E-state index in [9.17, 15) is 4.39 Å². The third-order valence-corrected chi connectivity index (χ3v) is 3.74. The fourth-order valence-electron chi connectivity index (χ4n) is 2.70. The molecule has 0 bridgehead atoms. The van der Waals surface area contributed by atoms with Gasteiger partial charge in [-0.05, 0) is 34.9 Å². The van der Waals surface area contributed by atoms with Gasteiger partial charge in [0.2, 0.25) is 0 Å². The number of halogens is 1. The maximum atomic E-state index is 14.0. The SMILES string of the molecule is Cc1ccc2ccccc2c1C(N)c1ccccc1F. The Morgan fingerprint density at radius 2 is 1.60 bits per heavy atom. The fraction of sp³-hybridized carbons (Fsp3) is 0.111. The van der Waals surface area contributed by atoms with Crippen molar-refractivity contribution in [1.29, 1.82) is 0 Å².